The molecule has 132 valence electrons. The summed E-state index contributed by atoms with van der Waals surface area (Å²) in [6.07, 6.45) is 0.694. The van der Waals surface area contributed by atoms with Crippen LogP contribution in [0.25, 0.3) is 0 Å². The zero-order valence-corrected chi connectivity index (χ0v) is 14.6. The molecule has 1 atom stereocenters. The molecule has 2 rings (SSSR count). The van der Waals surface area contributed by atoms with E-state index in [4.69, 9.17) is 0 Å². The highest BCUT2D eigenvalue weighted by Crippen LogP contribution is 2.22. The average Bonchev–Trinajstić information content (AvgIpc) is 2.61. The number of carbonyl (C=O) groups is 1. The topological polar surface area (TPSA) is 106 Å². The van der Waals surface area contributed by atoms with Crippen LogP contribution in [0.4, 0.5) is 11.4 Å². The number of para-hydroxylation sites is 1. The van der Waals surface area contributed by atoms with Gasteiger partial charge < -0.3 is 5.32 Å². The molecule has 0 heterocycles. The van der Waals surface area contributed by atoms with E-state index >= 15 is 0 Å². The number of nitro groups is 1. The number of sulfone groups is 1. The summed E-state index contributed by atoms with van der Waals surface area (Å²) in [6, 6.07) is 11.6. The third-order valence-corrected chi connectivity index (χ3v) is 5.94. The van der Waals surface area contributed by atoms with Crippen LogP contribution in [0, 0.1) is 10.1 Å². The molecule has 0 unspecified atom stereocenters. The number of anilines is 1. The number of carbonyl (C=O) groups excluding carboxylic acids is 1. The third kappa shape index (κ3) is 4.03. The van der Waals surface area contributed by atoms with Crippen LogP contribution in [0.3, 0.4) is 0 Å². The Balaban J connectivity index is 2.23. The normalized spacial score (nSPS) is 12.4. The van der Waals surface area contributed by atoms with Crippen LogP contribution >= 0.6 is 0 Å². The molecule has 0 aliphatic carbocycles. The number of nitrogens with one attached hydrogen (secondary N) is 1. The first-order valence-electron chi connectivity index (χ1n) is 7.64. The van der Waals surface area contributed by atoms with E-state index in [0.29, 0.717) is 12.1 Å². The lowest BCUT2D eigenvalue weighted by molar-refractivity contribution is -0.384. The Morgan fingerprint density at radius 3 is 2.32 bits per heavy atom. The summed E-state index contributed by atoms with van der Waals surface area (Å²) in [7, 11) is -3.95. The molecule has 8 heteroatoms. The van der Waals surface area contributed by atoms with Crippen LogP contribution in [-0.2, 0) is 21.1 Å². The van der Waals surface area contributed by atoms with Gasteiger partial charge in [-0.1, -0.05) is 25.1 Å². The number of rotatable bonds is 6. The molecule has 1 amide bonds. The van der Waals surface area contributed by atoms with Crippen molar-refractivity contribution in [3.8, 4) is 0 Å². The highest BCUT2D eigenvalue weighted by atomic mass is 32.2. The van der Waals surface area contributed by atoms with Crippen LogP contribution < -0.4 is 5.32 Å². The van der Waals surface area contributed by atoms with Gasteiger partial charge >= 0.3 is 0 Å². The summed E-state index contributed by atoms with van der Waals surface area (Å²) in [5.41, 5.74) is 1.25. The Labute approximate surface area is 145 Å². The predicted octanol–water partition coefficient (Wildman–Crippen LogP) is 2.96. The monoisotopic (exact) mass is 362 g/mol. The molecule has 1 N–H and O–H groups in total. The van der Waals surface area contributed by atoms with Crippen molar-refractivity contribution >= 4 is 27.1 Å². The van der Waals surface area contributed by atoms with Crippen molar-refractivity contribution in [3.05, 3.63) is 64.2 Å². The van der Waals surface area contributed by atoms with Gasteiger partial charge in [-0.15, -0.1) is 0 Å². The maximum atomic E-state index is 12.6. The van der Waals surface area contributed by atoms with E-state index in [-0.39, 0.29) is 10.6 Å². The van der Waals surface area contributed by atoms with Crippen molar-refractivity contribution in [1.82, 2.24) is 0 Å². The number of nitrogens with zero attached hydrogens (tertiary/aromatic N) is 1. The van der Waals surface area contributed by atoms with Crippen molar-refractivity contribution in [2.45, 2.75) is 30.4 Å². The molecule has 0 aliphatic heterocycles. The van der Waals surface area contributed by atoms with E-state index in [1.807, 2.05) is 19.1 Å². The van der Waals surface area contributed by atoms with Crippen molar-refractivity contribution in [3.63, 3.8) is 0 Å². The second kappa shape index (κ2) is 7.43. The molecule has 7 nitrogen and oxygen atoms in total. The van der Waals surface area contributed by atoms with Crippen LogP contribution in [0.15, 0.2) is 53.4 Å². The molecule has 0 saturated carbocycles. The van der Waals surface area contributed by atoms with Crippen molar-refractivity contribution in [1.29, 1.82) is 0 Å². The molecular formula is C17H18N2O5S. The van der Waals surface area contributed by atoms with Gasteiger partial charge in [0.1, 0.15) is 5.25 Å². The second-order valence-electron chi connectivity index (χ2n) is 5.44. The molecular weight excluding hydrogens is 344 g/mol. The molecule has 0 aliphatic rings. The Bertz CT molecular complexity index is 892. The first kappa shape index (κ1) is 18.6. The Hall–Kier alpha value is -2.74. The van der Waals surface area contributed by atoms with Crippen LogP contribution in [0.5, 0.6) is 0 Å². The van der Waals surface area contributed by atoms with Gasteiger partial charge in [0.05, 0.1) is 9.82 Å². The average molecular weight is 362 g/mol. The molecule has 0 spiro atoms. The van der Waals surface area contributed by atoms with Gasteiger partial charge in [-0.3, -0.25) is 14.9 Å². The molecule has 0 radical (unpaired) electrons. The fourth-order valence-electron chi connectivity index (χ4n) is 2.29. The van der Waals surface area contributed by atoms with Crippen molar-refractivity contribution in [2.75, 3.05) is 5.32 Å². The molecule has 2 aromatic carbocycles. The van der Waals surface area contributed by atoms with E-state index in [1.54, 1.807) is 12.1 Å². The fourth-order valence-corrected chi connectivity index (χ4v) is 3.55. The van der Waals surface area contributed by atoms with E-state index in [0.717, 1.165) is 29.8 Å². The molecule has 25 heavy (non-hydrogen) atoms. The molecule has 0 aromatic heterocycles. The van der Waals surface area contributed by atoms with Crippen molar-refractivity contribution in [2.24, 2.45) is 0 Å². The largest absolute Gasteiger partial charge is 0.325 e. The predicted molar refractivity (Wildman–Crippen MR) is 94.2 cm³/mol. The maximum absolute atomic E-state index is 12.6. The highest BCUT2D eigenvalue weighted by molar-refractivity contribution is 7.92. The Kier molecular flexibility index (Phi) is 5.53. The summed E-state index contributed by atoms with van der Waals surface area (Å²) in [5.74, 6) is -0.653. The fraction of sp³-hybridized carbons (Fsp3) is 0.235. The van der Waals surface area contributed by atoms with Crippen LogP contribution in [0.1, 0.15) is 19.4 Å². The summed E-state index contributed by atoms with van der Waals surface area (Å²) in [5, 5.41) is 12.0. The Morgan fingerprint density at radius 2 is 1.76 bits per heavy atom. The lowest BCUT2D eigenvalue weighted by Gasteiger charge is -2.15. The first-order valence-corrected chi connectivity index (χ1v) is 9.19. The van der Waals surface area contributed by atoms with Gasteiger partial charge in [0.25, 0.3) is 5.69 Å². The lowest BCUT2D eigenvalue weighted by atomic mass is 10.1. The van der Waals surface area contributed by atoms with Crippen LogP contribution in [0.2, 0.25) is 0 Å². The zero-order chi connectivity index (χ0) is 18.6. The Morgan fingerprint density at radius 1 is 1.16 bits per heavy atom. The van der Waals surface area contributed by atoms with Crippen molar-refractivity contribution < 1.29 is 18.1 Å². The summed E-state index contributed by atoms with van der Waals surface area (Å²) in [4.78, 5) is 22.3. The zero-order valence-electron chi connectivity index (χ0n) is 13.8. The minimum absolute atomic E-state index is 0.135. The standard InChI is InChI=1S/C17H18N2O5S/c1-3-13-6-4-5-7-16(13)18-17(20)12(2)25(23,24)15-10-8-14(9-11-15)19(21)22/h4-12H,3H2,1-2H3,(H,18,20)/t12-/m1/s1. The summed E-state index contributed by atoms with van der Waals surface area (Å²) in [6.45, 7) is 3.22. The van der Waals surface area contributed by atoms with Gasteiger partial charge in [-0.25, -0.2) is 8.42 Å². The number of nitro benzene ring substituents is 1. The second-order valence-corrected chi connectivity index (χ2v) is 7.71. The van der Waals surface area contributed by atoms with Gasteiger partial charge in [0.2, 0.25) is 5.91 Å². The number of hydrogen-bond acceptors (Lipinski definition) is 5. The minimum atomic E-state index is -3.95. The quantitative estimate of drug-likeness (QED) is 0.628. The summed E-state index contributed by atoms with van der Waals surface area (Å²) >= 11 is 0. The molecule has 0 bridgehead atoms. The number of benzene rings is 2. The first-order chi connectivity index (χ1) is 11.8. The summed E-state index contributed by atoms with van der Waals surface area (Å²) < 4.78 is 25.1. The minimum Gasteiger partial charge on any atom is -0.325 e. The van der Waals surface area contributed by atoms with E-state index in [9.17, 15) is 23.3 Å². The third-order valence-electron chi connectivity index (χ3n) is 3.87. The molecule has 0 fully saturated rings. The van der Waals surface area contributed by atoms with E-state index in [2.05, 4.69) is 5.32 Å². The molecule has 2 aromatic rings. The van der Waals surface area contributed by atoms with Crippen LogP contribution in [-0.4, -0.2) is 24.5 Å². The van der Waals surface area contributed by atoms with Gasteiger partial charge in [-0.05, 0) is 37.1 Å². The number of non-ortho nitro benzene ring substituents is 1. The number of aryl methyl sites for hydroxylation is 1. The maximum Gasteiger partial charge on any atom is 0.269 e. The van der Waals surface area contributed by atoms with Gasteiger partial charge in [0, 0.05) is 17.8 Å². The van der Waals surface area contributed by atoms with E-state index < -0.39 is 25.9 Å². The van der Waals surface area contributed by atoms with Gasteiger partial charge in [0.15, 0.2) is 9.84 Å². The number of hydrogen-bond donors (Lipinski definition) is 1. The van der Waals surface area contributed by atoms with E-state index in [1.165, 1.54) is 6.92 Å². The molecule has 0 saturated heterocycles. The number of amides is 1. The highest BCUT2D eigenvalue weighted by Gasteiger charge is 2.30. The lowest BCUT2D eigenvalue weighted by Crippen LogP contribution is -2.32. The smallest absolute Gasteiger partial charge is 0.269 e. The SMILES string of the molecule is CCc1ccccc1NC(=O)[C@@H](C)S(=O)(=O)c1ccc([N+](=O)[O-])cc1. The van der Waals surface area contributed by atoms with Gasteiger partial charge in [-0.2, -0.15) is 0 Å².